The van der Waals surface area contributed by atoms with Crippen LogP contribution in [0.5, 0.6) is 11.5 Å². The van der Waals surface area contributed by atoms with Crippen molar-refractivity contribution in [3.8, 4) is 11.5 Å². The molecule has 3 aromatic carbocycles. The van der Waals surface area contributed by atoms with E-state index in [0.717, 1.165) is 15.2 Å². The molecule has 4 rings (SSSR count). The fraction of sp³-hybridized carbons (Fsp3) is 0. The number of nitrogens with one attached hydrogen (secondary N) is 1. The Morgan fingerprint density at radius 3 is 2.18 bits per heavy atom. The molecular formula is C21H13Cl2NO3S. The number of rotatable bonds is 5. The highest BCUT2D eigenvalue weighted by molar-refractivity contribution is 7.99. The van der Waals surface area contributed by atoms with Crippen LogP contribution in [0.3, 0.4) is 0 Å². The standard InChI is InChI=1S/C21H13Cl2NO3S/c22-12-1-3-14(4-2-12)27-15-5-7-16(8-6-15)28-20-10-13(23)9-18-17(20)11-19(24-18)21(25)26/h1-11,24H,(H,25,26). The predicted octanol–water partition coefficient (Wildman–Crippen LogP) is 7.12. The summed E-state index contributed by atoms with van der Waals surface area (Å²) >= 11 is 13.6. The molecule has 0 aliphatic heterocycles. The molecule has 1 aromatic heterocycles. The van der Waals surface area contributed by atoms with Crippen LogP contribution < -0.4 is 4.74 Å². The summed E-state index contributed by atoms with van der Waals surface area (Å²) in [4.78, 5) is 16.0. The number of ether oxygens (including phenoxy) is 1. The summed E-state index contributed by atoms with van der Waals surface area (Å²) < 4.78 is 5.80. The van der Waals surface area contributed by atoms with Crippen molar-refractivity contribution >= 4 is 51.8 Å². The Labute approximate surface area is 175 Å². The number of halogens is 2. The first-order valence-corrected chi connectivity index (χ1v) is 9.82. The quantitative estimate of drug-likeness (QED) is 0.354. The first kappa shape index (κ1) is 18.7. The normalized spacial score (nSPS) is 10.9. The molecule has 140 valence electrons. The molecule has 0 spiro atoms. The number of carboxylic acids is 1. The third-order valence-corrected chi connectivity index (χ3v) is 5.53. The van der Waals surface area contributed by atoms with Gasteiger partial charge in [-0.15, -0.1) is 0 Å². The zero-order valence-corrected chi connectivity index (χ0v) is 16.6. The highest BCUT2D eigenvalue weighted by Gasteiger charge is 2.12. The van der Waals surface area contributed by atoms with Crippen LogP contribution in [-0.4, -0.2) is 16.1 Å². The van der Waals surface area contributed by atoms with Crippen molar-refractivity contribution in [1.29, 1.82) is 0 Å². The van der Waals surface area contributed by atoms with Gasteiger partial charge in [0.15, 0.2) is 0 Å². The lowest BCUT2D eigenvalue weighted by molar-refractivity contribution is 0.0691. The van der Waals surface area contributed by atoms with Crippen LogP contribution in [0.2, 0.25) is 10.0 Å². The van der Waals surface area contributed by atoms with E-state index < -0.39 is 5.97 Å². The molecule has 0 radical (unpaired) electrons. The number of carbonyl (C=O) groups is 1. The predicted molar refractivity (Wildman–Crippen MR) is 112 cm³/mol. The lowest BCUT2D eigenvalue weighted by atomic mass is 10.2. The summed E-state index contributed by atoms with van der Waals surface area (Å²) in [5, 5.41) is 11.2. The third-order valence-electron chi connectivity index (χ3n) is 4.00. The van der Waals surface area contributed by atoms with E-state index in [1.807, 2.05) is 30.3 Å². The van der Waals surface area contributed by atoms with E-state index >= 15 is 0 Å². The molecule has 0 fully saturated rings. The van der Waals surface area contributed by atoms with Crippen LogP contribution in [0.4, 0.5) is 0 Å². The van der Waals surface area contributed by atoms with Crippen molar-refractivity contribution in [3.63, 3.8) is 0 Å². The molecule has 1 heterocycles. The van der Waals surface area contributed by atoms with Crippen LogP contribution in [0, 0.1) is 0 Å². The van der Waals surface area contributed by atoms with Crippen molar-refractivity contribution in [2.24, 2.45) is 0 Å². The Morgan fingerprint density at radius 1 is 0.893 bits per heavy atom. The Morgan fingerprint density at radius 2 is 1.54 bits per heavy atom. The highest BCUT2D eigenvalue weighted by atomic mass is 35.5. The smallest absolute Gasteiger partial charge is 0.352 e. The maximum Gasteiger partial charge on any atom is 0.352 e. The van der Waals surface area contributed by atoms with Gasteiger partial charge in [0.2, 0.25) is 0 Å². The molecular weight excluding hydrogens is 417 g/mol. The molecule has 7 heteroatoms. The Bertz CT molecular complexity index is 1150. The fourth-order valence-electron chi connectivity index (χ4n) is 2.71. The number of benzene rings is 3. The van der Waals surface area contributed by atoms with Crippen molar-refractivity contribution in [2.45, 2.75) is 9.79 Å². The maximum atomic E-state index is 11.2. The van der Waals surface area contributed by atoms with Gasteiger partial charge >= 0.3 is 5.97 Å². The number of hydrogen-bond acceptors (Lipinski definition) is 3. The second-order valence-corrected chi connectivity index (χ2v) is 7.97. The van der Waals surface area contributed by atoms with Gasteiger partial charge in [-0.25, -0.2) is 4.79 Å². The lowest BCUT2D eigenvalue weighted by Crippen LogP contribution is -1.94. The first-order chi connectivity index (χ1) is 13.5. The molecule has 0 amide bonds. The monoisotopic (exact) mass is 429 g/mol. The van der Waals surface area contributed by atoms with E-state index in [1.54, 1.807) is 36.4 Å². The molecule has 0 atom stereocenters. The topological polar surface area (TPSA) is 62.3 Å². The second kappa shape index (κ2) is 7.80. The van der Waals surface area contributed by atoms with Gasteiger partial charge in [0.1, 0.15) is 17.2 Å². The van der Waals surface area contributed by atoms with E-state index in [9.17, 15) is 9.90 Å². The van der Waals surface area contributed by atoms with Gasteiger partial charge in [0.25, 0.3) is 0 Å². The minimum Gasteiger partial charge on any atom is -0.477 e. The summed E-state index contributed by atoms with van der Waals surface area (Å²) in [5.41, 5.74) is 0.820. The molecule has 2 N–H and O–H groups in total. The molecule has 0 unspecified atom stereocenters. The Hall–Kier alpha value is -2.60. The zero-order chi connectivity index (χ0) is 19.7. The average molecular weight is 430 g/mol. The summed E-state index contributed by atoms with van der Waals surface area (Å²) in [6.45, 7) is 0. The number of aromatic nitrogens is 1. The molecule has 0 bridgehead atoms. The van der Waals surface area contributed by atoms with Gasteiger partial charge in [-0.3, -0.25) is 0 Å². The van der Waals surface area contributed by atoms with Crippen LogP contribution >= 0.6 is 35.0 Å². The summed E-state index contributed by atoms with van der Waals surface area (Å²) in [6, 6.07) is 19.9. The Kier molecular flexibility index (Phi) is 5.22. The van der Waals surface area contributed by atoms with E-state index in [0.29, 0.717) is 27.1 Å². The SMILES string of the molecule is O=C(O)c1cc2c(Sc3ccc(Oc4ccc(Cl)cc4)cc3)cc(Cl)cc2[nH]1. The summed E-state index contributed by atoms with van der Waals surface area (Å²) in [5.74, 6) is 0.402. The largest absolute Gasteiger partial charge is 0.477 e. The molecule has 4 aromatic rings. The molecule has 0 saturated heterocycles. The number of aromatic amines is 1. The van der Waals surface area contributed by atoms with Crippen molar-refractivity contribution in [3.05, 3.63) is 82.5 Å². The second-order valence-electron chi connectivity index (χ2n) is 5.98. The van der Waals surface area contributed by atoms with Gasteiger partial charge in [0.05, 0.1) is 0 Å². The molecule has 0 aliphatic rings. The van der Waals surface area contributed by atoms with Crippen LogP contribution in [0.15, 0.2) is 76.5 Å². The molecule has 0 aliphatic carbocycles. The summed E-state index contributed by atoms with van der Waals surface area (Å²) in [7, 11) is 0. The highest BCUT2D eigenvalue weighted by Crippen LogP contribution is 2.37. The van der Waals surface area contributed by atoms with E-state index in [4.69, 9.17) is 27.9 Å². The van der Waals surface area contributed by atoms with Gasteiger partial charge in [0, 0.05) is 30.7 Å². The van der Waals surface area contributed by atoms with E-state index in [2.05, 4.69) is 4.98 Å². The van der Waals surface area contributed by atoms with E-state index in [-0.39, 0.29) is 5.69 Å². The van der Waals surface area contributed by atoms with Crippen molar-refractivity contribution < 1.29 is 14.6 Å². The lowest BCUT2D eigenvalue weighted by Gasteiger charge is -2.08. The number of H-pyrrole nitrogens is 1. The number of carboxylic acid groups (broad SMARTS) is 1. The zero-order valence-electron chi connectivity index (χ0n) is 14.3. The number of aromatic carboxylic acids is 1. The molecule has 28 heavy (non-hydrogen) atoms. The Balaban J connectivity index is 1.57. The van der Waals surface area contributed by atoms with Crippen LogP contribution in [0.1, 0.15) is 10.5 Å². The minimum atomic E-state index is -1.01. The first-order valence-electron chi connectivity index (χ1n) is 8.25. The van der Waals surface area contributed by atoms with Crippen molar-refractivity contribution in [2.75, 3.05) is 0 Å². The maximum absolute atomic E-state index is 11.2. The third kappa shape index (κ3) is 4.12. The van der Waals surface area contributed by atoms with Gasteiger partial charge in [-0.05, 0) is 66.7 Å². The van der Waals surface area contributed by atoms with Gasteiger partial charge in [-0.2, -0.15) is 0 Å². The average Bonchev–Trinajstić information content (AvgIpc) is 3.10. The van der Waals surface area contributed by atoms with Crippen LogP contribution in [-0.2, 0) is 0 Å². The number of hydrogen-bond donors (Lipinski definition) is 2. The van der Waals surface area contributed by atoms with Crippen LogP contribution in [0.25, 0.3) is 10.9 Å². The number of fused-ring (bicyclic) bond motifs is 1. The van der Waals surface area contributed by atoms with Gasteiger partial charge in [-0.1, -0.05) is 35.0 Å². The van der Waals surface area contributed by atoms with E-state index in [1.165, 1.54) is 11.8 Å². The molecule has 4 nitrogen and oxygen atoms in total. The van der Waals surface area contributed by atoms with Gasteiger partial charge < -0.3 is 14.8 Å². The molecule has 0 saturated carbocycles. The fourth-order valence-corrected chi connectivity index (χ4v) is 4.11. The van der Waals surface area contributed by atoms with Crippen molar-refractivity contribution in [1.82, 2.24) is 4.98 Å². The minimum absolute atomic E-state index is 0.130. The summed E-state index contributed by atoms with van der Waals surface area (Å²) in [6.07, 6.45) is 0.